The molecule has 6 nitrogen and oxygen atoms in total. The Balaban J connectivity index is 2.33. The number of hydrogen-bond acceptors (Lipinski definition) is 4. The van der Waals surface area contributed by atoms with Crippen molar-refractivity contribution >= 4 is 5.91 Å². The number of nitrogens with one attached hydrogen (secondary N) is 1. The zero-order valence-corrected chi connectivity index (χ0v) is 10.3. The summed E-state index contributed by atoms with van der Waals surface area (Å²) >= 11 is 0. The molecule has 0 aliphatic carbocycles. The first-order chi connectivity index (χ1) is 8.68. The average Bonchev–Trinajstić information content (AvgIpc) is 2.83. The molecule has 1 aromatic carbocycles. The standard InChI is InChI=1S/C12H15N5O/c1-9(2)14-12(18)11(17-8-13-15-16-17)10-6-4-3-5-7-10/h3-9,11H,1-2H3,(H,14,18). The molecule has 1 aromatic heterocycles. The Hall–Kier alpha value is -2.24. The van der Waals surface area contributed by atoms with Gasteiger partial charge in [0.15, 0.2) is 6.04 Å². The van der Waals surface area contributed by atoms with E-state index in [9.17, 15) is 4.79 Å². The molecule has 18 heavy (non-hydrogen) atoms. The second-order valence-corrected chi connectivity index (χ2v) is 4.27. The summed E-state index contributed by atoms with van der Waals surface area (Å²) in [6.07, 6.45) is 1.44. The Morgan fingerprint density at radius 3 is 2.56 bits per heavy atom. The lowest BCUT2D eigenvalue weighted by molar-refractivity contribution is -0.124. The number of carbonyl (C=O) groups excluding carboxylic acids is 1. The van der Waals surface area contributed by atoms with Gasteiger partial charge < -0.3 is 5.32 Å². The van der Waals surface area contributed by atoms with Crippen molar-refractivity contribution in [2.45, 2.75) is 25.9 Å². The zero-order chi connectivity index (χ0) is 13.0. The first-order valence-electron chi connectivity index (χ1n) is 5.76. The van der Waals surface area contributed by atoms with E-state index < -0.39 is 6.04 Å². The Kier molecular flexibility index (Phi) is 3.66. The molecule has 0 saturated carbocycles. The van der Waals surface area contributed by atoms with Gasteiger partial charge in [0.2, 0.25) is 5.91 Å². The van der Waals surface area contributed by atoms with Gasteiger partial charge in [-0.3, -0.25) is 4.79 Å². The van der Waals surface area contributed by atoms with E-state index in [-0.39, 0.29) is 11.9 Å². The number of rotatable bonds is 4. The van der Waals surface area contributed by atoms with Gasteiger partial charge in [0.05, 0.1) is 0 Å². The summed E-state index contributed by atoms with van der Waals surface area (Å²) in [7, 11) is 0. The van der Waals surface area contributed by atoms with Crippen LogP contribution in [0.5, 0.6) is 0 Å². The van der Waals surface area contributed by atoms with Gasteiger partial charge >= 0.3 is 0 Å². The van der Waals surface area contributed by atoms with Crippen molar-refractivity contribution in [2.24, 2.45) is 0 Å². The molecule has 2 aromatic rings. The first kappa shape index (κ1) is 12.2. The molecular weight excluding hydrogens is 230 g/mol. The number of carbonyl (C=O) groups is 1. The lowest BCUT2D eigenvalue weighted by Crippen LogP contribution is -2.37. The minimum Gasteiger partial charge on any atom is -0.352 e. The molecule has 0 bridgehead atoms. The van der Waals surface area contributed by atoms with Crippen LogP contribution in [0.4, 0.5) is 0 Å². The Morgan fingerprint density at radius 1 is 1.28 bits per heavy atom. The SMILES string of the molecule is CC(C)NC(=O)C(c1ccccc1)n1cnnn1. The number of benzene rings is 1. The summed E-state index contributed by atoms with van der Waals surface area (Å²) in [4.78, 5) is 12.2. The van der Waals surface area contributed by atoms with Gasteiger partial charge in [-0.05, 0) is 29.8 Å². The van der Waals surface area contributed by atoms with Crippen molar-refractivity contribution in [1.29, 1.82) is 0 Å². The zero-order valence-electron chi connectivity index (χ0n) is 10.3. The van der Waals surface area contributed by atoms with Crippen LogP contribution in [0.25, 0.3) is 0 Å². The number of tetrazole rings is 1. The third-order valence-electron chi connectivity index (χ3n) is 2.42. The largest absolute Gasteiger partial charge is 0.352 e. The van der Waals surface area contributed by atoms with E-state index in [4.69, 9.17) is 0 Å². The minimum atomic E-state index is -0.538. The number of hydrogen-bond donors (Lipinski definition) is 1. The lowest BCUT2D eigenvalue weighted by Gasteiger charge is -2.18. The monoisotopic (exact) mass is 245 g/mol. The van der Waals surface area contributed by atoms with Crippen LogP contribution in [0.15, 0.2) is 36.7 Å². The van der Waals surface area contributed by atoms with Crippen LogP contribution in [-0.2, 0) is 4.79 Å². The highest BCUT2D eigenvalue weighted by molar-refractivity contribution is 5.83. The first-order valence-corrected chi connectivity index (χ1v) is 5.76. The molecule has 0 aliphatic rings. The van der Waals surface area contributed by atoms with Gasteiger partial charge in [-0.2, -0.15) is 0 Å². The number of aromatic nitrogens is 4. The maximum absolute atomic E-state index is 12.2. The molecule has 2 rings (SSSR count). The summed E-state index contributed by atoms with van der Waals surface area (Å²) in [6.45, 7) is 3.83. The van der Waals surface area contributed by atoms with Gasteiger partial charge in [-0.1, -0.05) is 30.3 Å². The van der Waals surface area contributed by atoms with E-state index in [0.717, 1.165) is 5.56 Å². The lowest BCUT2D eigenvalue weighted by atomic mass is 10.1. The molecule has 0 spiro atoms. The van der Waals surface area contributed by atoms with E-state index in [0.29, 0.717) is 0 Å². The molecule has 1 N–H and O–H groups in total. The summed E-state index contributed by atoms with van der Waals surface area (Å²) in [5.41, 5.74) is 0.850. The molecule has 0 saturated heterocycles. The van der Waals surface area contributed by atoms with Crippen molar-refractivity contribution in [3.63, 3.8) is 0 Å². The highest BCUT2D eigenvalue weighted by atomic mass is 16.2. The number of nitrogens with zero attached hydrogens (tertiary/aromatic N) is 4. The van der Waals surface area contributed by atoms with E-state index in [1.54, 1.807) is 0 Å². The minimum absolute atomic E-state index is 0.0696. The Morgan fingerprint density at radius 2 is 2.00 bits per heavy atom. The second-order valence-electron chi connectivity index (χ2n) is 4.27. The third kappa shape index (κ3) is 2.71. The maximum atomic E-state index is 12.2. The van der Waals surface area contributed by atoms with E-state index in [1.165, 1.54) is 11.0 Å². The molecule has 1 amide bonds. The normalized spacial score (nSPS) is 12.4. The van der Waals surface area contributed by atoms with Crippen LogP contribution in [0.2, 0.25) is 0 Å². The van der Waals surface area contributed by atoms with E-state index in [2.05, 4.69) is 20.8 Å². The van der Waals surface area contributed by atoms with E-state index >= 15 is 0 Å². The van der Waals surface area contributed by atoms with Crippen molar-refractivity contribution in [3.8, 4) is 0 Å². The molecule has 1 atom stereocenters. The summed E-state index contributed by atoms with van der Waals surface area (Å²) in [5, 5.41) is 13.9. The molecular formula is C12H15N5O. The highest BCUT2D eigenvalue weighted by Gasteiger charge is 2.23. The molecule has 1 heterocycles. The second kappa shape index (κ2) is 5.39. The third-order valence-corrected chi connectivity index (χ3v) is 2.42. The molecule has 1 unspecified atom stereocenters. The van der Waals surface area contributed by atoms with Gasteiger partial charge in [-0.25, -0.2) is 4.68 Å². The van der Waals surface area contributed by atoms with E-state index in [1.807, 2.05) is 44.2 Å². The van der Waals surface area contributed by atoms with Gasteiger partial charge in [-0.15, -0.1) is 5.10 Å². The van der Waals surface area contributed by atoms with Crippen LogP contribution in [0.1, 0.15) is 25.5 Å². The van der Waals surface area contributed by atoms with Gasteiger partial charge in [0.25, 0.3) is 0 Å². The van der Waals surface area contributed by atoms with Crippen LogP contribution >= 0.6 is 0 Å². The van der Waals surface area contributed by atoms with Crippen molar-refractivity contribution in [3.05, 3.63) is 42.2 Å². The van der Waals surface area contributed by atoms with Crippen LogP contribution in [0.3, 0.4) is 0 Å². The Labute approximate surface area is 105 Å². The average molecular weight is 245 g/mol. The molecule has 0 aliphatic heterocycles. The van der Waals surface area contributed by atoms with Crippen molar-refractivity contribution < 1.29 is 4.79 Å². The fraction of sp³-hybridized carbons (Fsp3) is 0.333. The smallest absolute Gasteiger partial charge is 0.249 e. The predicted molar refractivity (Wildman–Crippen MR) is 65.7 cm³/mol. The van der Waals surface area contributed by atoms with Gasteiger partial charge in [0.1, 0.15) is 6.33 Å². The van der Waals surface area contributed by atoms with Crippen molar-refractivity contribution in [1.82, 2.24) is 25.5 Å². The molecule has 6 heteroatoms. The quantitative estimate of drug-likeness (QED) is 0.864. The van der Waals surface area contributed by atoms with Gasteiger partial charge in [0, 0.05) is 6.04 Å². The predicted octanol–water partition coefficient (Wildman–Crippen LogP) is 0.787. The summed E-state index contributed by atoms with van der Waals surface area (Å²) < 4.78 is 1.45. The van der Waals surface area contributed by atoms with Crippen LogP contribution in [-0.4, -0.2) is 32.2 Å². The number of amides is 1. The topological polar surface area (TPSA) is 72.7 Å². The van der Waals surface area contributed by atoms with Crippen LogP contribution < -0.4 is 5.32 Å². The fourth-order valence-corrected chi connectivity index (χ4v) is 1.71. The molecule has 0 fully saturated rings. The van der Waals surface area contributed by atoms with Crippen LogP contribution in [0, 0.1) is 0 Å². The molecule has 0 radical (unpaired) electrons. The Bertz CT molecular complexity index is 494. The summed E-state index contributed by atoms with van der Waals surface area (Å²) in [6, 6.07) is 8.97. The fourth-order valence-electron chi connectivity index (χ4n) is 1.71. The maximum Gasteiger partial charge on any atom is 0.249 e. The van der Waals surface area contributed by atoms with Crippen molar-refractivity contribution in [2.75, 3.05) is 0 Å². The highest BCUT2D eigenvalue weighted by Crippen LogP contribution is 2.16. The molecule has 94 valence electrons. The summed E-state index contributed by atoms with van der Waals surface area (Å²) in [5.74, 6) is -0.122.